The van der Waals surface area contributed by atoms with E-state index in [0.29, 0.717) is 17.9 Å². The van der Waals surface area contributed by atoms with E-state index in [1.165, 1.54) is 18.2 Å². The molecule has 0 heterocycles. The van der Waals surface area contributed by atoms with Crippen molar-refractivity contribution in [2.75, 3.05) is 13.2 Å². The van der Waals surface area contributed by atoms with Crippen molar-refractivity contribution in [1.82, 2.24) is 5.32 Å². The molecule has 2 aromatic carbocycles. The Bertz CT molecular complexity index is 863. The van der Waals surface area contributed by atoms with E-state index in [4.69, 9.17) is 4.74 Å². The summed E-state index contributed by atoms with van der Waals surface area (Å²) in [6, 6.07) is 11.2. The number of ether oxygens (including phenoxy) is 1. The number of benzene rings is 2. The van der Waals surface area contributed by atoms with E-state index in [-0.39, 0.29) is 24.2 Å². The van der Waals surface area contributed by atoms with E-state index in [1.54, 1.807) is 31.2 Å². The molecular weight excluding hydrogens is 364 g/mol. The normalized spacial score (nSPS) is 11.5. The average Bonchev–Trinajstić information content (AvgIpc) is 2.65. The fourth-order valence-corrected chi connectivity index (χ4v) is 2.74. The van der Waals surface area contributed by atoms with Gasteiger partial charge in [0.15, 0.2) is 0 Å². The third-order valence-electron chi connectivity index (χ3n) is 4.23. The van der Waals surface area contributed by atoms with E-state index in [1.807, 2.05) is 6.92 Å². The van der Waals surface area contributed by atoms with Gasteiger partial charge >= 0.3 is 5.97 Å². The van der Waals surface area contributed by atoms with Crippen molar-refractivity contribution in [1.29, 1.82) is 0 Å². The number of carboxylic acids is 1. The van der Waals surface area contributed by atoms with Gasteiger partial charge in [0.2, 0.25) is 0 Å². The molecule has 2 rings (SSSR count). The zero-order chi connectivity index (χ0) is 20.7. The summed E-state index contributed by atoms with van der Waals surface area (Å²) in [5.74, 6) is -1.59. The van der Waals surface area contributed by atoms with Crippen molar-refractivity contribution in [2.45, 2.75) is 20.3 Å². The van der Waals surface area contributed by atoms with Crippen molar-refractivity contribution in [2.24, 2.45) is 5.92 Å². The number of nitro benzene ring substituents is 1. The minimum atomic E-state index is -1.02. The lowest BCUT2D eigenvalue weighted by molar-refractivity contribution is -0.385. The fraction of sp³-hybridized carbons (Fsp3) is 0.300. The summed E-state index contributed by atoms with van der Waals surface area (Å²) in [6.45, 7) is 3.91. The molecule has 1 unspecified atom stereocenters. The number of carbonyl (C=O) groups is 2. The molecular formula is C20H22N2O6. The van der Waals surface area contributed by atoms with E-state index < -0.39 is 22.7 Å². The molecule has 8 heteroatoms. The zero-order valence-electron chi connectivity index (χ0n) is 15.7. The highest BCUT2D eigenvalue weighted by Gasteiger charge is 2.20. The van der Waals surface area contributed by atoms with Crippen molar-refractivity contribution >= 4 is 17.6 Å². The number of hydrogen-bond donors (Lipinski definition) is 2. The summed E-state index contributed by atoms with van der Waals surface area (Å²) >= 11 is 0. The van der Waals surface area contributed by atoms with Gasteiger partial charge in [0.25, 0.3) is 11.6 Å². The summed E-state index contributed by atoms with van der Waals surface area (Å²) in [5, 5.41) is 22.9. The molecule has 2 aromatic rings. The first-order chi connectivity index (χ1) is 13.3. The molecule has 0 saturated carbocycles. The standard InChI is InChI=1S/C20H22N2O6/c1-3-28-17-7-4-14(5-8-17)11-16(20(24)25)12-21-19(23)15-6-9-18(22(26)27)13(2)10-15/h4-10,16H,3,11-12H2,1-2H3,(H,21,23)(H,24,25). The lowest BCUT2D eigenvalue weighted by atomic mass is 9.99. The Morgan fingerprint density at radius 1 is 1.21 bits per heavy atom. The summed E-state index contributed by atoms with van der Waals surface area (Å²) in [6.07, 6.45) is 0.251. The van der Waals surface area contributed by atoms with Gasteiger partial charge in [0.05, 0.1) is 17.4 Å². The molecule has 0 radical (unpaired) electrons. The van der Waals surface area contributed by atoms with Crippen molar-refractivity contribution in [3.05, 3.63) is 69.3 Å². The molecule has 28 heavy (non-hydrogen) atoms. The van der Waals surface area contributed by atoms with Crippen LogP contribution in [0.4, 0.5) is 5.69 Å². The van der Waals surface area contributed by atoms with Gasteiger partial charge in [-0.15, -0.1) is 0 Å². The van der Waals surface area contributed by atoms with Crippen LogP contribution in [-0.4, -0.2) is 35.1 Å². The van der Waals surface area contributed by atoms with Crippen LogP contribution in [-0.2, 0) is 11.2 Å². The van der Waals surface area contributed by atoms with Gasteiger partial charge in [-0.05, 0) is 50.1 Å². The topological polar surface area (TPSA) is 119 Å². The summed E-state index contributed by atoms with van der Waals surface area (Å²) < 4.78 is 5.36. The predicted octanol–water partition coefficient (Wildman–Crippen LogP) is 2.98. The first kappa shape index (κ1) is 20.9. The molecule has 0 spiro atoms. The summed E-state index contributed by atoms with van der Waals surface area (Å²) in [5.41, 5.74) is 1.35. The molecule has 0 aliphatic rings. The van der Waals surface area contributed by atoms with Gasteiger partial charge in [-0.3, -0.25) is 19.7 Å². The van der Waals surface area contributed by atoms with Gasteiger partial charge in [-0.1, -0.05) is 12.1 Å². The van der Waals surface area contributed by atoms with Gasteiger partial charge in [0.1, 0.15) is 5.75 Å². The Labute approximate surface area is 162 Å². The first-order valence-corrected chi connectivity index (χ1v) is 8.79. The number of nitrogens with zero attached hydrogens (tertiary/aromatic N) is 1. The zero-order valence-corrected chi connectivity index (χ0v) is 15.7. The lowest BCUT2D eigenvalue weighted by Gasteiger charge is -2.14. The molecule has 0 aliphatic carbocycles. The Balaban J connectivity index is 2.00. The molecule has 0 fully saturated rings. The van der Waals surface area contributed by atoms with Gasteiger partial charge in [-0.25, -0.2) is 0 Å². The molecule has 0 saturated heterocycles. The smallest absolute Gasteiger partial charge is 0.308 e. The monoisotopic (exact) mass is 386 g/mol. The molecule has 8 nitrogen and oxygen atoms in total. The summed E-state index contributed by atoms with van der Waals surface area (Å²) in [4.78, 5) is 34.2. The van der Waals surface area contributed by atoms with Crippen LogP contribution in [0.15, 0.2) is 42.5 Å². The van der Waals surface area contributed by atoms with Gasteiger partial charge < -0.3 is 15.2 Å². The first-order valence-electron chi connectivity index (χ1n) is 8.79. The highest BCUT2D eigenvalue weighted by Crippen LogP contribution is 2.19. The minimum Gasteiger partial charge on any atom is -0.494 e. The third kappa shape index (κ3) is 5.54. The van der Waals surface area contributed by atoms with E-state index in [2.05, 4.69) is 5.32 Å². The molecule has 1 amide bonds. The maximum absolute atomic E-state index is 12.3. The quantitative estimate of drug-likeness (QED) is 0.505. The number of carboxylic acid groups (broad SMARTS) is 1. The average molecular weight is 386 g/mol. The van der Waals surface area contributed by atoms with Crippen LogP contribution < -0.4 is 10.1 Å². The molecule has 0 aliphatic heterocycles. The van der Waals surface area contributed by atoms with Crippen molar-refractivity contribution in [3.63, 3.8) is 0 Å². The van der Waals surface area contributed by atoms with E-state index in [9.17, 15) is 24.8 Å². The van der Waals surface area contributed by atoms with Crippen LogP contribution in [0.2, 0.25) is 0 Å². The van der Waals surface area contributed by atoms with Crippen molar-refractivity contribution in [3.8, 4) is 5.75 Å². The SMILES string of the molecule is CCOc1ccc(CC(CNC(=O)c2ccc([N+](=O)[O-])c(C)c2)C(=O)O)cc1. The predicted molar refractivity (Wildman–Crippen MR) is 103 cm³/mol. The molecule has 0 aromatic heterocycles. The number of aryl methyl sites for hydroxylation is 1. The molecule has 2 N–H and O–H groups in total. The fourth-order valence-electron chi connectivity index (χ4n) is 2.74. The van der Waals surface area contributed by atoms with Gasteiger partial charge in [-0.2, -0.15) is 0 Å². The highest BCUT2D eigenvalue weighted by molar-refractivity contribution is 5.95. The van der Waals surface area contributed by atoms with Crippen LogP contribution in [0, 0.1) is 23.0 Å². The van der Waals surface area contributed by atoms with Crippen LogP contribution >= 0.6 is 0 Å². The highest BCUT2D eigenvalue weighted by atomic mass is 16.6. The molecule has 148 valence electrons. The Morgan fingerprint density at radius 3 is 2.43 bits per heavy atom. The van der Waals surface area contributed by atoms with Crippen LogP contribution in [0.5, 0.6) is 5.75 Å². The van der Waals surface area contributed by atoms with Crippen molar-refractivity contribution < 1.29 is 24.4 Å². The second kappa shape index (κ2) is 9.50. The molecule has 0 bridgehead atoms. The minimum absolute atomic E-state index is 0.0581. The Hall–Kier alpha value is -3.42. The number of hydrogen-bond acceptors (Lipinski definition) is 5. The number of aliphatic carboxylic acids is 1. The van der Waals surface area contributed by atoms with E-state index in [0.717, 1.165) is 5.56 Å². The Kier molecular flexibility index (Phi) is 7.08. The van der Waals surface area contributed by atoms with Crippen LogP contribution in [0.1, 0.15) is 28.4 Å². The largest absolute Gasteiger partial charge is 0.494 e. The summed E-state index contributed by atoms with van der Waals surface area (Å²) in [7, 11) is 0. The molecule has 1 atom stereocenters. The third-order valence-corrected chi connectivity index (χ3v) is 4.23. The number of amides is 1. The number of carbonyl (C=O) groups excluding carboxylic acids is 1. The van der Waals surface area contributed by atoms with Gasteiger partial charge in [0, 0.05) is 23.7 Å². The number of nitro groups is 1. The van der Waals surface area contributed by atoms with Crippen LogP contribution in [0.25, 0.3) is 0 Å². The Morgan fingerprint density at radius 2 is 1.89 bits per heavy atom. The van der Waals surface area contributed by atoms with E-state index >= 15 is 0 Å². The second-order valence-corrected chi connectivity index (χ2v) is 6.28. The number of rotatable bonds is 9. The number of nitrogens with one attached hydrogen (secondary N) is 1. The van der Waals surface area contributed by atoms with Crippen LogP contribution in [0.3, 0.4) is 0 Å². The maximum Gasteiger partial charge on any atom is 0.308 e. The lowest BCUT2D eigenvalue weighted by Crippen LogP contribution is -2.34. The maximum atomic E-state index is 12.3. The second-order valence-electron chi connectivity index (χ2n) is 6.28.